The number of nitrogens with two attached hydrogens (primary N) is 1. The van der Waals surface area contributed by atoms with Gasteiger partial charge in [0.25, 0.3) is 0 Å². The fraction of sp³-hybridized carbons (Fsp3) is 0.917. The Hall–Kier alpha value is -0.570. The third-order valence-corrected chi connectivity index (χ3v) is 3.33. The van der Waals surface area contributed by atoms with Crippen LogP contribution >= 0.6 is 0 Å². The third-order valence-electron chi connectivity index (χ3n) is 3.33. The Labute approximate surface area is 92.8 Å². The summed E-state index contributed by atoms with van der Waals surface area (Å²) < 4.78 is 0. The second kappa shape index (κ2) is 4.12. The lowest BCUT2D eigenvalue weighted by molar-refractivity contribution is -0.130. The van der Waals surface area contributed by atoms with Crippen molar-refractivity contribution in [3.05, 3.63) is 0 Å². The number of carbonyl (C=O) groups is 1. The molecule has 1 aliphatic carbocycles. The van der Waals surface area contributed by atoms with Crippen molar-refractivity contribution in [1.29, 1.82) is 0 Å². The molecule has 1 rings (SSSR count). The molecule has 1 amide bonds. The van der Waals surface area contributed by atoms with Gasteiger partial charge in [-0.3, -0.25) is 4.79 Å². The highest BCUT2D eigenvalue weighted by Gasteiger charge is 2.42. The lowest BCUT2D eigenvalue weighted by atomic mass is 9.83. The van der Waals surface area contributed by atoms with Gasteiger partial charge in [-0.25, -0.2) is 0 Å². The van der Waals surface area contributed by atoms with Crippen molar-refractivity contribution in [3.63, 3.8) is 0 Å². The second-order valence-corrected chi connectivity index (χ2v) is 6.16. The van der Waals surface area contributed by atoms with Crippen LogP contribution in [0.15, 0.2) is 0 Å². The van der Waals surface area contributed by atoms with Gasteiger partial charge in [0.05, 0.1) is 5.41 Å². The summed E-state index contributed by atoms with van der Waals surface area (Å²) >= 11 is 0. The minimum atomic E-state index is -0.342. The number of nitrogens with one attached hydrogen (secondary N) is 1. The lowest BCUT2D eigenvalue weighted by Crippen LogP contribution is -2.49. The highest BCUT2D eigenvalue weighted by atomic mass is 16.2. The Bertz CT molecular complexity index is 244. The fourth-order valence-electron chi connectivity index (χ4n) is 2.02. The molecule has 2 unspecified atom stereocenters. The second-order valence-electron chi connectivity index (χ2n) is 6.16. The Morgan fingerprint density at radius 2 is 2.13 bits per heavy atom. The summed E-state index contributed by atoms with van der Waals surface area (Å²) in [6, 6.07) is 0.0254. The van der Waals surface area contributed by atoms with Crippen molar-refractivity contribution in [2.45, 2.75) is 53.0 Å². The van der Waals surface area contributed by atoms with Gasteiger partial charge in [-0.2, -0.15) is 0 Å². The van der Waals surface area contributed by atoms with Crippen LogP contribution in [0.5, 0.6) is 0 Å². The Kier molecular flexibility index (Phi) is 3.44. The van der Waals surface area contributed by atoms with E-state index in [9.17, 15) is 4.79 Å². The van der Waals surface area contributed by atoms with Crippen LogP contribution in [0.3, 0.4) is 0 Å². The summed E-state index contributed by atoms with van der Waals surface area (Å²) in [5.41, 5.74) is 5.78. The number of hydrogen-bond donors (Lipinski definition) is 2. The van der Waals surface area contributed by atoms with E-state index in [1.54, 1.807) is 0 Å². The SMILES string of the molecule is CC(C)(C)CNC(=O)C1(C)CCCC1N. The molecule has 0 aliphatic heterocycles. The van der Waals surface area contributed by atoms with Crippen LogP contribution < -0.4 is 11.1 Å². The van der Waals surface area contributed by atoms with Gasteiger partial charge < -0.3 is 11.1 Å². The minimum Gasteiger partial charge on any atom is -0.355 e. The van der Waals surface area contributed by atoms with Crippen LogP contribution in [0.1, 0.15) is 47.0 Å². The van der Waals surface area contributed by atoms with Crippen LogP contribution in [0.4, 0.5) is 0 Å². The van der Waals surface area contributed by atoms with Crippen LogP contribution in [-0.4, -0.2) is 18.5 Å². The van der Waals surface area contributed by atoms with E-state index >= 15 is 0 Å². The van der Waals surface area contributed by atoms with E-state index in [1.807, 2.05) is 6.92 Å². The molecule has 2 atom stereocenters. The normalized spacial score (nSPS) is 31.7. The van der Waals surface area contributed by atoms with Gasteiger partial charge in [-0.05, 0) is 25.2 Å². The van der Waals surface area contributed by atoms with Gasteiger partial charge in [0.2, 0.25) is 5.91 Å². The molecule has 1 fully saturated rings. The van der Waals surface area contributed by atoms with Crippen molar-refractivity contribution in [3.8, 4) is 0 Å². The monoisotopic (exact) mass is 212 g/mol. The summed E-state index contributed by atoms with van der Waals surface area (Å²) in [6.45, 7) is 9.05. The maximum Gasteiger partial charge on any atom is 0.227 e. The minimum absolute atomic E-state index is 0.0254. The molecule has 0 aromatic rings. The molecule has 15 heavy (non-hydrogen) atoms. The largest absolute Gasteiger partial charge is 0.355 e. The standard InChI is InChI=1S/C12H24N2O/c1-11(2,3)8-14-10(15)12(4)7-5-6-9(12)13/h9H,5-8,13H2,1-4H3,(H,14,15). The average molecular weight is 212 g/mol. The molecule has 0 radical (unpaired) electrons. The van der Waals surface area contributed by atoms with E-state index in [1.165, 1.54) is 0 Å². The predicted octanol–water partition coefficient (Wildman–Crippen LogP) is 1.67. The molecule has 0 spiro atoms. The predicted molar refractivity (Wildman–Crippen MR) is 62.4 cm³/mol. The number of amides is 1. The van der Waals surface area contributed by atoms with Crippen molar-refractivity contribution >= 4 is 5.91 Å². The Balaban J connectivity index is 2.53. The Morgan fingerprint density at radius 3 is 2.53 bits per heavy atom. The summed E-state index contributed by atoms with van der Waals surface area (Å²) in [7, 11) is 0. The number of hydrogen-bond acceptors (Lipinski definition) is 2. The smallest absolute Gasteiger partial charge is 0.227 e. The fourth-order valence-corrected chi connectivity index (χ4v) is 2.02. The summed E-state index contributed by atoms with van der Waals surface area (Å²) in [4.78, 5) is 12.0. The number of carbonyl (C=O) groups excluding carboxylic acids is 1. The highest BCUT2D eigenvalue weighted by Crippen LogP contribution is 2.36. The zero-order valence-electron chi connectivity index (χ0n) is 10.4. The van der Waals surface area contributed by atoms with E-state index in [4.69, 9.17) is 5.73 Å². The van der Waals surface area contributed by atoms with E-state index < -0.39 is 0 Å². The molecular formula is C12H24N2O. The molecule has 0 heterocycles. The summed E-state index contributed by atoms with van der Waals surface area (Å²) in [5, 5.41) is 3.02. The first-order valence-corrected chi connectivity index (χ1v) is 5.80. The van der Waals surface area contributed by atoms with E-state index in [0.717, 1.165) is 19.3 Å². The molecule has 0 aromatic carbocycles. The van der Waals surface area contributed by atoms with Crippen molar-refractivity contribution in [2.24, 2.45) is 16.6 Å². The van der Waals surface area contributed by atoms with Crippen LogP contribution in [-0.2, 0) is 4.79 Å². The van der Waals surface area contributed by atoms with Gasteiger partial charge in [0.15, 0.2) is 0 Å². The maximum absolute atomic E-state index is 12.0. The average Bonchev–Trinajstić information content (AvgIpc) is 2.43. The van der Waals surface area contributed by atoms with Crippen LogP contribution in [0, 0.1) is 10.8 Å². The zero-order chi connectivity index (χ0) is 11.7. The topological polar surface area (TPSA) is 55.1 Å². The molecule has 0 saturated heterocycles. The first-order chi connectivity index (χ1) is 6.76. The molecule has 3 nitrogen and oxygen atoms in total. The van der Waals surface area contributed by atoms with Gasteiger partial charge >= 0.3 is 0 Å². The lowest BCUT2D eigenvalue weighted by Gasteiger charge is -2.29. The van der Waals surface area contributed by atoms with E-state index in [2.05, 4.69) is 26.1 Å². The quantitative estimate of drug-likeness (QED) is 0.731. The first kappa shape index (κ1) is 12.5. The van der Waals surface area contributed by atoms with Crippen molar-refractivity contribution < 1.29 is 4.79 Å². The molecule has 3 N–H and O–H groups in total. The number of rotatable bonds is 2. The molecule has 88 valence electrons. The summed E-state index contributed by atoms with van der Waals surface area (Å²) in [6.07, 6.45) is 2.96. The molecule has 0 bridgehead atoms. The Morgan fingerprint density at radius 1 is 1.53 bits per heavy atom. The van der Waals surface area contributed by atoms with E-state index in [0.29, 0.717) is 6.54 Å². The van der Waals surface area contributed by atoms with Gasteiger partial charge in [0.1, 0.15) is 0 Å². The van der Waals surface area contributed by atoms with Gasteiger partial charge in [-0.15, -0.1) is 0 Å². The maximum atomic E-state index is 12.0. The van der Waals surface area contributed by atoms with Gasteiger partial charge in [0, 0.05) is 12.6 Å². The van der Waals surface area contributed by atoms with Crippen molar-refractivity contribution in [2.75, 3.05) is 6.54 Å². The first-order valence-electron chi connectivity index (χ1n) is 5.80. The van der Waals surface area contributed by atoms with Gasteiger partial charge in [-0.1, -0.05) is 27.2 Å². The van der Waals surface area contributed by atoms with Crippen LogP contribution in [0.25, 0.3) is 0 Å². The molecular weight excluding hydrogens is 188 g/mol. The molecule has 1 saturated carbocycles. The molecule has 3 heteroatoms. The summed E-state index contributed by atoms with van der Waals surface area (Å²) in [5.74, 6) is 0.127. The van der Waals surface area contributed by atoms with E-state index in [-0.39, 0.29) is 22.8 Å². The molecule has 0 aromatic heterocycles. The van der Waals surface area contributed by atoms with Crippen LogP contribution in [0.2, 0.25) is 0 Å². The highest BCUT2D eigenvalue weighted by molar-refractivity contribution is 5.83. The van der Waals surface area contributed by atoms with Crippen molar-refractivity contribution in [1.82, 2.24) is 5.32 Å². The molecule has 1 aliphatic rings. The zero-order valence-corrected chi connectivity index (χ0v) is 10.4. The third kappa shape index (κ3) is 2.94.